The standard InChI is InChI=1S/C89H173NO13/c1-3-5-7-9-11-13-15-17-19-21-23-25-27-29-31-33-35-36-37-38-39-40-41-42-43-45-47-49-51-53-55-57-59-61-63-65-67-69-71-73-81(94)90-77(76-100-88-86(99)84(97)87(80(75-92)102-88)103-89-85(98)83(96)82(95)79(74-91)101-89)78(93)72-70-68-66-64-62-60-58-56-54-52-50-48-46-44-34-32-30-28-26-24-22-20-18-16-14-12-10-8-6-4-2/h70,72,77-80,82-89,91-93,95-99H,3-69,71,73-76H2,1-2H3,(H,90,94)/b72-70+. The number of hydrogen-bond acceptors (Lipinski definition) is 13. The van der Waals surface area contributed by atoms with E-state index in [1.165, 1.54) is 392 Å². The molecule has 2 aliphatic rings. The van der Waals surface area contributed by atoms with Crippen LogP contribution in [0, 0.1) is 0 Å². The van der Waals surface area contributed by atoms with Gasteiger partial charge < -0.3 is 65.1 Å². The maximum Gasteiger partial charge on any atom is 0.220 e. The van der Waals surface area contributed by atoms with E-state index in [-0.39, 0.29) is 18.9 Å². The second-order valence-corrected chi connectivity index (χ2v) is 32.5. The molecule has 0 spiro atoms. The summed E-state index contributed by atoms with van der Waals surface area (Å²) in [4.78, 5) is 13.4. The number of carbonyl (C=O) groups excluding carboxylic acids is 1. The molecular weight excluding hydrogens is 1290 g/mol. The van der Waals surface area contributed by atoms with E-state index in [0.717, 1.165) is 44.9 Å². The maximum atomic E-state index is 13.4. The predicted molar refractivity (Wildman–Crippen MR) is 429 cm³/mol. The number of ether oxygens (including phenoxy) is 4. The van der Waals surface area contributed by atoms with Crippen LogP contribution in [0.3, 0.4) is 0 Å². The molecule has 14 nitrogen and oxygen atoms in total. The third kappa shape index (κ3) is 55.7. The van der Waals surface area contributed by atoms with Crippen molar-refractivity contribution < 1.29 is 64.6 Å². The Morgan fingerprint density at radius 3 is 0.893 bits per heavy atom. The molecule has 9 N–H and O–H groups in total. The summed E-state index contributed by atoms with van der Waals surface area (Å²) >= 11 is 0. The van der Waals surface area contributed by atoms with Gasteiger partial charge in [-0.1, -0.05) is 443 Å². The fourth-order valence-corrected chi connectivity index (χ4v) is 15.6. The van der Waals surface area contributed by atoms with Crippen molar-refractivity contribution >= 4 is 5.91 Å². The number of carbonyl (C=O) groups is 1. The number of aliphatic hydroxyl groups is 8. The van der Waals surface area contributed by atoms with E-state index in [1.807, 2.05) is 6.08 Å². The molecule has 0 aliphatic carbocycles. The summed E-state index contributed by atoms with van der Waals surface area (Å²) in [6.07, 6.45) is 79.2. The van der Waals surface area contributed by atoms with E-state index in [1.54, 1.807) is 6.08 Å². The van der Waals surface area contributed by atoms with Gasteiger partial charge in [0, 0.05) is 6.42 Å². The summed E-state index contributed by atoms with van der Waals surface area (Å²) < 4.78 is 23.0. The Balaban J connectivity index is 1.55. The van der Waals surface area contributed by atoms with Crippen molar-refractivity contribution in [2.45, 2.75) is 530 Å². The van der Waals surface area contributed by atoms with Crippen molar-refractivity contribution in [2.75, 3.05) is 19.8 Å². The van der Waals surface area contributed by atoms with Crippen LogP contribution in [-0.2, 0) is 23.7 Å². The van der Waals surface area contributed by atoms with Crippen LogP contribution in [0.15, 0.2) is 12.2 Å². The molecule has 2 aliphatic heterocycles. The SMILES string of the molecule is CCCCCCCCCCCCCCCCCCCCCCCCCCCCCC/C=C/C(O)C(COC1OC(CO)C(OC2OC(CO)C(O)C(O)C2O)C(O)C1O)NC(=O)CCCCCCCCCCCCCCCCCCCCCCCCCCCCCCCCCCCCCCCCC. The van der Waals surface area contributed by atoms with Crippen molar-refractivity contribution in [2.24, 2.45) is 0 Å². The number of unbranched alkanes of at least 4 members (excludes halogenated alkanes) is 66. The summed E-state index contributed by atoms with van der Waals surface area (Å²) in [7, 11) is 0. The average Bonchev–Trinajstić information content (AvgIpc) is 0.791. The first kappa shape index (κ1) is 97.8. The van der Waals surface area contributed by atoms with Gasteiger partial charge in [-0.15, -0.1) is 0 Å². The molecule has 12 atom stereocenters. The molecule has 2 rings (SSSR count). The van der Waals surface area contributed by atoms with Crippen molar-refractivity contribution in [1.29, 1.82) is 0 Å². The zero-order valence-electron chi connectivity index (χ0n) is 67.6. The van der Waals surface area contributed by atoms with Gasteiger partial charge in [0.2, 0.25) is 5.91 Å². The lowest BCUT2D eigenvalue weighted by molar-refractivity contribution is -0.359. The Hall–Kier alpha value is -1.27. The summed E-state index contributed by atoms with van der Waals surface area (Å²) in [5.41, 5.74) is 0. The summed E-state index contributed by atoms with van der Waals surface area (Å²) in [5.74, 6) is -0.227. The van der Waals surface area contributed by atoms with Gasteiger partial charge in [0.25, 0.3) is 0 Å². The fourth-order valence-electron chi connectivity index (χ4n) is 15.6. The lowest BCUT2D eigenvalue weighted by Crippen LogP contribution is -2.65. The number of amides is 1. The maximum absolute atomic E-state index is 13.4. The van der Waals surface area contributed by atoms with Crippen molar-refractivity contribution in [1.82, 2.24) is 5.32 Å². The molecule has 103 heavy (non-hydrogen) atoms. The highest BCUT2D eigenvalue weighted by atomic mass is 16.7. The van der Waals surface area contributed by atoms with Crippen LogP contribution in [0.1, 0.15) is 457 Å². The van der Waals surface area contributed by atoms with Gasteiger partial charge >= 0.3 is 0 Å². The Kier molecular flexibility index (Phi) is 69.8. The Labute approximate surface area is 635 Å². The lowest BCUT2D eigenvalue weighted by Gasteiger charge is -2.46. The predicted octanol–water partition coefficient (Wildman–Crippen LogP) is 22.0. The number of hydrogen-bond donors (Lipinski definition) is 9. The van der Waals surface area contributed by atoms with Crippen LogP contribution in [-0.4, -0.2) is 140 Å². The average molecular weight is 1470 g/mol. The molecular formula is C89H173NO13. The minimum atomic E-state index is -1.79. The van der Waals surface area contributed by atoms with Crippen LogP contribution in [0.4, 0.5) is 0 Å². The Bertz CT molecular complexity index is 1780. The number of allylic oxidation sites excluding steroid dienone is 1. The molecule has 2 fully saturated rings. The minimum absolute atomic E-state index is 0.227. The van der Waals surface area contributed by atoms with Gasteiger partial charge in [0.15, 0.2) is 12.6 Å². The van der Waals surface area contributed by atoms with Crippen LogP contribution < -0.4 is 5.32 Å². The number of aliphatic hydroxyl groups excluding tert-OH is 8. The summed E-state index contributed by atoms with van der Waals surface area (Å²) in [5, 5.41) is 87.9. The third-order valence-electron chi connectivity index (χ3n) is 22.7. The fraction of sp³-hybridized carbons (Fsp3) is 0.966. The van der Waals surface area contributed by atoms with E-state index < -0.39 is 86.8 Å². The molecule has 1 amide bonds. The van der Waals surface area contributed by atoms with E-state index in [4.69, 9.17) is 18.9 Å². The molecule has 0 saturated carbocycles. The highest BCUT2D eigenvalue weighted by Gasteiger charge is 2.51. The van der Waals surface area contributed by atoms with Crippen molar-refractivity contribution in [3.8, 4) is 0 Å². The van der Waals surface area contributed by atoms with E-state index in [0.29, 0.717) is 0 Å². The van der Waals surface area contributed by atoms with Crippen LogP contribution >= 0.6 is 0 Å². The topological polar surface area (TPSA) is 228 Å². The molecule has 14 heteroatoms. The molecule has 612 valence electrons. The molecule has 12 unspecified atom stereocenters. The molecule has 0 aromatic rings. The first-order chi connectivity index (χ1) is 50.6. The monoisotopic (exact) mass is 1460 g/mol. The molecule has 2 saturated heterocycles. The summed E-state index contributed by atoms with van der Waals surface area (Å²) in [6.45, 7) is 2.89. The summed E-state index contributed by atoms with van der Waals surface area (Å²) in [6, 6.07) is -0.913. The van der Waals surface area contributed by atoms with Gasteiger partial charge in [0.1, 0.15) is 48.8 Å². The van der Waals surface area contributed by atoms with Gasteiger partial charge in [-0.25, -0.2) is 0 Å². The Morgan fingerprint density at radius 2 is 0.602 bits per heavy atom. The molecule has 0 aromatic heterocycles. The quantitative estimate of drug-likeness (QED) is 0.0204. The van der Waals surface area contributed by atoms with Crippen LogP contribution in [0.2, 0.25) is 0 Å². The van der Waals surface area contributed by atoms with E-state index in [9.17, 15) is 45.6 Å². The molecule has 0 aromatic carbocycles. The highest BCUT2D eigenvalue weighted by molar-refractivity contribution is 5.76. The lowest BCUT2D eigenvalue weighted by atomic mass is 9.97. The smallest absolute Gasteiger partial charge is 0.220 e. The highest BCUT2D eigenvalue weighted by Crippen LogP contribution is 2.31. The molecule has 0 bridgehead atoms. The first-order valence-corrected chi connectivity index (χ1v) is 45.4. The minimum Gasteiger partial charge on any atom is -0.394 e. The molecule has 0 radical (unpaired) electrons. The Morgan fingerprint density at radius 1 is 0.340 bits per heavy atom. The second kappa shape index (κ2) is 73.5. The zero-order valence-corrected chi connectivity index (χ0v) is 67.6. The van der Waals surface area contributed by atoms with Gasteiger partial charge in [0.05, 0.1) is 32.0 Å². The second-order valence-electron chi connectivity index (χ2n) is 32.5. The van der Waals surface area contributed by atoms with Crippen molar-refractivity contribution in [3.63, 3.8) is 0 Å². The van der Waals surface area contributed by atoms with Crippen molar-refractivity contribution in [3.05, 3.63) is 12.2 Å². The largest absolute Gasteiger partial charge is 0.394 e. The van der Waals surface area contributed by atoms with Crippen LogP contribution in [0.25, 0.3) is 0 Å². The first-order valence-electron chi connectivity index (χ1n) is 45.4. The van der Waals surface area contributed by atoms with Gasteiger partial charge in [-0.05, 0) is 19.3 Å². The van der Waals surface area contributed by atoms with Crippen LogP contribution in [0.5, 0.6) is 0 Å². The third-order valence-corrected chi connectivity index (χ3v) is 22.7. The molecule has 2 heterocycles. The zero-order chi connectivity index (χ0) is 74.4. The van der Waals surface area contributed by atoms with Gasteiger partial charge in [-0.2, -0.15) is 0 Å². The van der Waals surface area contributed by atoms with E-state index >= 15 is 0 Å². The van der Waals surface area contributed by atoms with E-state index in [2.05, 4.69) is 19.2 Å². The normalized spacial score (nSPS) is 21.5. The van der Waals surface area contributed by atoms with Gasteiger partial charge in [-0.3, -0.25) is 4.79 Å². The number of rotatable bonds is 79. The number of nitrogens with one attached hydrogen (secondary N) is 1.